The zero-order valence-corrected chi connectivity index (χ0v) is 12.9. The molecular formula is C17H27NO2. The monoisotopic (exact) mass is 277 g/mol. The van der Waals surface area contributed by atoms with Crippen molar-refractivity contribution in [3.8, 4) is 5.75 Å². The number of hydrogen-bond acceptors (Lipinski definition) is 3. The Bertz CT molecular complexity index is 400. The van der Waals surface area contributed by atoms with Crippen LogP contribution in [0.25, 0.3) is 0 Å². The van der Waals surface area contributed by atoms with Crippen LogP contribution in [0.4, 0.5) is 0 Å². The molecule has 0 radical (unpaired) electrons. The van der Waals surface area contributed by atoms with Crippen molar-refractivity contribution < 1.29 is 9.47 Å². The Morgan fingerprint density at radius 2 is 2.25 bits per heavy atom. The van der Waals surface area contributed by atoms with Crippen molar-refractivity contribution in [3.63, 3.8) is 0 Å². The largest absolute Gasteiger partial charge is 0.491 e. The summed E-state index contributed by atoms with van der Waals surface area (Å²) in [6, 6.07) is 8.78. The van der Waals surface area contributed by atoms with Crippen LogP contribution in [0, 0.1) is 0 Å². The molecular weight excluding hydrogens is 250 g/mol. The van der Waals surface area contributed by atoms with Crippen molar-refractivity contribution in [2.75, 3.05) is 13.2 Å². The summed E-state index contributed by atoms with van der Waals surface area (Å²) in [6.07, 6.45) is 4.03. The van der Waals surface area contributed by atoms with Crippen LogP contribution < -0.4 is 10.1 Å². The SMILES string of the molecule is CCNC(CC1CCCO1)c1cccc(OC(C)C)c1. The predicted octanol–water partition coefficient (Wildman–Crippen LogP) is 3.69. The van der Waals surface area contributed by atoms with Gasteiger partial charge < -0.3 is 14.8 Å². The number of benzene rings is 1. The third kappa shape index (κ3) is 4.50. The minimum Gasteiger partial charge on any atom is -0.491 e. The average molecular weight is 277 g/mol. The first-order valence-electron chi connectivity index (χ1n) is 7.80. The smallest absolute Gasteiger partial charge is 0.120 e. The van der Waals surface area contributed by atoms with Crippen molar-refractivity contribution in [1.29, 1.82) is 0 Å². The first kappa shape index (κ1) is 15.3. The Labute approximate surface area is 122 Å². The number of rotatable bonds is 7. The van der Waals surface area contributed by atoms with Gasteiger partial charge in [0.05, 0.1) is 12.2 Å². The molecule has 1 aromatic rings. The van der Waals surface area contributed by atoms with E-state index in [0.717, 1.165) is 25.3 Å². The summed E-state index contributed by atoms with van der Waals surface area (Å²) >= 11 is 0. The normalized spacial score (nSPS) is 20.3. The molecule has 0 bridgehead atoms. The molecule has 20 heavy (non-hydrogen) atoms. The van der Waals surface area contributed by atoms with Gasteiger partial charge in [0, 0.05) is 12.6 Å². The molecule has 1 heterocycles. The molecule has 112 valence electrons. The van der Waals surface area contributed by atoms with Crippen LogP contribution in [0.5, 0.6) is 5.75 Å². The molecule has 2 rings (SSSR count). The number of ether oxygens (including phenoxy) is 2. The Balaban J connectivity index is 2.06. The molecule has 0 amide bonds. The molecule has 1 aliphatic rings. The van der Waals surface area contributed by atoms with Gasteiger partial charge in [-0.1, -0.05) is 19.1 Å². The van der Waals surface area contributed by atoms with Crippen LogP contribution in [-0.2, 0) is 4.74 Å². The summed E-state index contributed by atoms with van der Waals surface area (Å²) in [4.78, 5) is 0. The summed E-state index contributed by atoms with van der Waals surface area (Å²) in [6.45, 7) is 8.14. The maximum Gasteiger partial charge on any atom is 0.120 e. The minimum absolute atomic E-state index is 0.209. The lowest BCUT2D eigenvalue weighted by atomic mass is 9.99. The molecule has 1 saturated heterocycles. The van der Waals surface area contributed by atoms with Gasteiger partial charge >= 0.3 is 0 Å². The highest BCUT2D eigenvalue weighted by atomic mass is 16.5. The van der Waals surface area contributed by atoms with Crippen LogP contribution >= 0.6 is 0 Å². The molecule has 1 aromatic carbocycles. The van der Waals surface area contributed by atoms with E-state index < -0.39 is 0 Å². The second-order valence-electron chi connectivity index (χ2n) is 5.72. The van der Waals surface area contributed by atoms with Crippen molar-refractivity contribution in [2.45, 2.75) is 58.3 Å². The second-order valence-corrected chi connectivity index (χ2v) is 5.72. The van der Waals surface area contributed by atoms with Gasteiger partial charge in [-0.2, -0.15) is 0 Å². The van der Waals surface area contributed by atoms with E-state index in [-0.39, 0.29) is 6.10 Å². The van der Waals surface area contributed by atoms with Gasteiger partial charge in [0.1, 0.15) is 5.75 Å². The van der Waals surface area contributed by atoms with Gasteiger partial charge in [-0.05, 0) is 57.4 Å². The van der Waals surface area contributed by atoms with E-state index in [1.165, 1.54) is 18.4 Å². The molecule has 3 heteroatoms. The standard InChI is InChI=1S/C17H27NO2/c1-4-18-17(12-15-9-6-10-19-15)14-7-5-8-16(11-14)20-13(2)3/h5,7-8,11,13,15,17-18H,4,6,9-10,12H2,1-3H3. The first-order valence-corrected chi connectivity index (χ1v) is 7.80. The van der Waals surface area contributed by atoms with E-state index >= 15 is 0 Å². The highest BCUT2D eigenvalue weighted by molar-refractivity contribution is 5.31. The van der Waals surface area contributed by atoms with E-state index in [1.54, 1.807) is 0 Å². The lowest BCUT2D eigenvalue weighted by Gasteiger charge is -2.22. The molecule has 3 nitrogen and oxygen atoms in total. The molecule has 2 unspecified atom stereocenters. The fourth-order valence-electron chi connectivity index (χ4n) is 2.75. The molecule has 1 fully saturated rings. The van der Waals surface area contributed by atoms with Crippen molar-refractivity contribution in [3.05, 3.63) is 29.8 Å². The summed E-state index contributed by atoms with van der Waals surface area (Å²) in [5.74, 6) is 0.952. The Morgan fingerprint density at radius 1 is 1.40 bits per heavy atom. The summed E-state index contributed by atoms with van der Waals surface area (Å²) < 4.78 is 11.6. The van der Waals surface area contributed by atoms with E-state index in [4.69, 9.17) is 9.47 Å². The van der Waals surface area contributed by atoms with Gasteiger partial charge in [0.2, 0.25) is 0 Å². The zero-order valence-electron chi connectivity index (χ0n) is 12.9. The van der Waals surface area contributed by atoms with E-state index in [2.05, 4.69) is 44.3 Å². The summed E-state index contributed by atoms with van der Waals surface area (Å²) in [5.41, 5.74) is 1.29. The summed E-state index contributed by atoms with van der Waals surface area (Å²) in [7, 11) is 0. The van der Waals surface area contributed by atoms with Gasteiger partial charge in [0.25, 0.3) is 0 Å². The lowest BCUT2D eigenvalue weighted by molar-refractivity contribution is 0.0947. The van der Waals surface area contributed by atoms with Crippen LogP contribution in [0.3, 0.4) is 0 Å². The van der Waals surface area contributed by atoms with Crippen LogP contribution in [0.15, 0.2) is 24.3 Å². The molecule has 0 saturated carbocycles. The van der Waals surface area contributed by atoms with Crippen LogP contribution in [0.1, 0.15) is 51.6 Å². The second kappa shape index (κ2) is 7.65. The summed E-state index contributed by atoms with van der Waals surface area (Å²) in [5, 5.41) is 3.57. The van der Waals surface area contributed by atoms with Gasteiger partial charge in [-0.15, -0.1) is 0 Å². The average Bonchev–Trinajstić information content (AvgIpc) is 2.91. The predicted molar refractivity (Wildman–Crippen MR) is 82.2 cm³/mol. The molecule has 1 aliphatic heterocycles. The molecule has 0 aromatic heterocycles. The fourth-order valence-corrected chi connectivity index (χ4v) is 2.75. The zero-order chi connectivity index (χ0) is 14.4. The van der Waals surface area contributed by atoms with E-state index in [1.807, 2.05) is 6.07 Å². The highest BCUT2D eigenvalue weighted by Gasteiger charge is 2.21. The number of nitrogens with one attached hydrogen (secondary N) is 1. The molecule has 2 atom stereocenters. The molecule has 1 N–H and O–H groups in total. The topological polar surface area (TPSA) is 30.5 Å². The van der Waals surface area contributed by atoms with Gasteiger partial charge in [-0.25, -0.2) is 0 Å². The van der Waals surface area contributed by atoms with Crippen molar-refractivity contribution in [2.24, 2.45) is 0 Å². The van der Waals surface area contributed by atoms with E-state index in [9.17, 15) is 0 Å². The van der Waals surface area contributed by atoms with Gasteiger partial charge in [-0.3, -0.25) is 0 Å². The first-order chi connectivity index (χ1) is 9.69. The van der Waals surface area contributed by atoms with Crippen LogP contribution in [0.2, 0.25) is 0 Å². The highest BCUT2D eigenvalue weighted by Crippen LogP contribution is 2.27. The van der Waals surface area contributed by atoms with Crippen molar-refractivity contribution in [1.82, 2.24) is 5.32 Å². The molecule has 0 spiro atoms. The minimum atomic E-state index is 0.209. The quantitative estimate of drug-likeness (QED) is 0.824. The van der Waals surface area contributed by atoms with Crippen molar-refractivity contribution >= 4 is 0 Å². The van der Waals surface area contributed by atoms with Crippen LogP contribution in [-0.4, -0.2) is 25.4 Å². The Hall–Kier alpha value is -1.06. The fraction of sp³-hybridized carbons (Fsp3) is 0.647. The molecule has 0 aliphatic carbocycles. The third-order valence-electron chi connectivity index (χ3n) is 3.61. The Kier molecular flexibility index (Phi) is 5.86. The maximum absolute atomic E-state index is 5.79. The van der Waals surface area contributed by atoms with E-state index in [0.29, 0.717) is 12.1 Å². The third-order valence-corrected chi connectivity index (χ3v) is 3.61. The Morgan fingerprint density at radius 3 is 2.90 bits per heavy atom. The van der Waals surface area contributed by atoms with Gasteiger partial charge in [0.15, 0.2) is 0 Å². The maximum atomic E-state index is 5.79. The lowest BCUT2D eigenvalue weighted by Crippen LogP contribution is -2.25. The number of hydrogen-bond donors (Lipinski definition) is 1.